The first-order valence-electron chi connectivity index (χ1n) is 13.0. The number of hydrogen-bond acceptors (Lipinski definition) is 6. The zero-order valence-electron chi connectivity index (χ0n) is 22.4. The van der Waals surface area contributed by atoms with Crippen LogP contribution in [0.15, 0.2) is 48.6 Å². The van der Waals surface area contributed by atoms with Crippen molar-refractivity contribution in [2.75, 3.05) is 5.32 Å². The Morgan fingerprint density at radius 3 is 2.42 bits per heavy atom. The molecule has 4 atom stereocenters. The molecule has 3 amide bonds. The number of para-hydroxylation sites is 1. The molecule has 2 rings (SSSR count). The number of unbranched alkanes of at least 4 members (excludes halogenated alkanes) is 2. The number of benzene rings is 1. The van der Waals surface area contributed by atoms with Gasteiger partial charge in [-0.3, -0.25) is 24.0 Å². The van der Waals surface area contributed by atoms with Gasteiger partial charge in [-0.15, -0.1) is 0 Å². The van der Waals surface area contributed by atoms with Crippen LogP contribution in [-0.4, -0.2) is 46.5 Å². The smallest absolute Gasteiger partial charge is 0.247 e. The highest BCUT2D eigenvalue weighted by Gasteiger charge is 2.28. The van der Waals surface area contributed by atoms with Gasteiger partial charge < -0.3 is 21.1 Å². The van der Waals surface area contributed by atoms with Gasteiger partial charge in [-0.2, -0.15) is 0 Å². The number of anilines is 1. The van der Waals surface area contributed by atoms with Crippen LogP contribution in [0.2, 0.25) is 0 Å². The summed E-state index contributed by atoms with van der Waals surface area (Å²) in [5.74, 6) is -1.49. The molecule has 0 fully saturated rings. The van der Waals surface area contributed by atoms with Crippen LogP contribution in [-0.2, 0) is 30.6 Å². The number of aliphatic hydroxyl groups excluding tert-OH is 1. The lowest BCUT2D eigenvalue weighted by molar-refractivity contribution is -0.130. The van der Waals surface area contributed by atoms with Crippen molar-refractivity contribution in [3.8, 4) is 0 Å². The highest BCUT2D eigenvalue weighted by atomic mass is 16.3. The molecule has 2 unspecified atom stereocenters. The summed E-state index contributed by atoms with van der Waals surface area (Å²) >= 11 is 0. The Morgan fingerprint density at radius 1 is 1.03 bits per heavy atom. The summed E-state index contributed by atoms with van der Waals surface area (Å²) in [6, 6.07) is 4.94. The van der Waals surface area contributed by atoms with Gasteiger partial charge in [-0.25, -0.2) is 0 Å². The van der Waals surface area contributed by atoms with Crippen molar-refractivity contribution in [1.29, 1.82) is 0 Å². The van der Waals surface area contributed by atoms with Crippen molar-refractivity contribution in [2.45, 2.75) is 78.0 Å². The van der Waals surface area contributed by atoms with E-state index in [9.17, 15) is 29.1 Å². The summed E-state index contributed by atoms with van der Waals surface area (Å²) < 4.78 is 0. The van der Waals surface area contributed by atoms with E-state index in [1.807, 2.05) is 6.92 Å². The predicted octanol–water partition coefficient (Wildman–Crippen LogP) is 2.98. The summed E-state index contributed by atoms with van der Waals surface area (Å²) in [5, 5.41) is 17.4. The average Bonchev–Trinajstić information content (AvgIpc) is 2.88. The normalized spacial score (nSPS) is 17.3. The van der Waals surface area contributed by atoms with Crippen LogP contribution < -0.4 is 16.0 Å². The molecule has 0 saturated carbocycles. The first-order chi connectivity index (χ1) is 18.0. The molecule has 1 aliphatic carbocycles. The predicted molar refractivity (Wildman–Crippen MR) is 145 cm³/mol. The van der Waals surface area contributed by atoms with Crippen LogP contribution in [0.4, 0.5) is 5.69 Å². The highest BCUT2D eigenvalue weighted by molar-refractivity contribution is 6.06. The molecule has 0 aromatic heterocycles. The summed E-state index contributed by atoms with van der Waals surface area (Å²) in [7, 11) is 0. The fraction of sp³-hybridized carbons (Fsp3) is 0.483. The van der Waals surface area contributed by atoms with Crippen LogP contribution in [0, 0.1) is 11.8 Å². The van der Waals surface area contributed by atoms with E-state index in [2.05, 4.69) is 22.5 Å². The molecular formula is C29H39N3O6. The molecule has 1 aromatic rings. The fourth-order valence-corrected chi connectivity index (χ4v) is 4.32. The highest BCUT2D eigenvalue weighted by Crippen LogP contribution is 2.26. The maximum atomic E-state index is 12.8. The lowest BCUT2D eigenvalue weighted by Gasteiger charge is -2.23. The second-order valence-corrected chi connectivity index (χ2v) is 9.97. The Balaban J connectivity index is 1.76. The Bertz CT molecular complexity index is 1080. The van der Waals surface area contributed by atoms with Crippen LogP contribution >= 0.6 is 0 Å². The first kappa shape index (κ1) is 30.6. The molecule has 0 heterocycles. The number of rotatable bonds is 14. The number of amides is 3. The zero-order valence-corrected chi connectivity index (χ0v) is 22.4. The van der Waals surface area contributed by atoms with E-state index in [-0.39, 0.29) is 48.8 Å². The molecule has 4 N–H and O–H groups in total. The number of aliphatic hydroxyl groups is 1. The standard InChI is InChI=1S/C29H39N3O6/c1-18(2)27(29(38)30-20(4)28(37)31-24-12-9-8-11-21(24)17-33)32-26(36)13-7-5-6-10-19(3)23-16-22(34)14-15-25(23)35/h8-9,11-12,14-15,19-20,23,27,33H,1,5-7,10,13,16-17H2,2-4H3,(H,30,38)(H,31,37)(H,32,36)/t19?,20-,23?,27-/m0/s1. The summed E-state index contributed by atoms with van der Waals surface area (Å²) in [6.45, 7) is 8.69. The van der Waals surface area contributed by atoms with E-state index >= 15 is 0 Å². The first-order valence-corrected chi connectivity index (χ1v) is 13.0. The number of ketones is 2. The number of allylic oxidation sites excluding steroid dienone is 2. The van der Waals surface area contributed by atoms with Crippen molar-refractivity contribution in [3.63, 3.8) is 0 Å². The van der Waals surface area contributed by atoms with Crippen LogP contribution in [0.5, 0.6) is 0 Å². The Hall–Kier alpha value is -3.59. The second-order valence-electron chi connectivity index (χ2n) is 9.97. The lowest BCUT2D eigenvalue weighted by Crippen LogP contribution is -2.52. The van der Waals surface area contributed by atoms with E-state index in [1.54, 1.807) is 31.2 Å². The number of hydrogen-bond donors (Lipinski definition) is 4. The van der Waals surface area contributed by atoms with Crippen molar-refractivity contribution < 1.29 is 29.1 Å². The molecule has 1 aromatic carbocycles. The van der Waals surface area contributed by atoms with Gasteiger partial charge in [0.1, 0.15) is 12.1 Å². The van der Waals surface area contributed by atoms with Gasteiger partial charge >= 0.3 is 0 Å². The molecule has 0 radical (unpaired) electrons. The molecular weight excluding hydrogens is 486 g/mol. The van der Waals surface area contributed by atoms with Gasteiger partial charge in [0, 0.05) is 30.0 Å². The van der Waals surface area contributed by atoms with Gasteiger partial charge in [0.2, 0.25) is 17.7 Å². The third-order valence-electron chi connectivity index (χ3n) is 6.73. The summed E-state index contributed by atoms with van der Waals surface area (Å²) in [5.41, 5.74) is 1.44. The maximum Gasteiger partial charge on any atom is 0.247 e. The van der Waals surface area contributed by atoms with Crippen molar-refractivity contribution in [2.24, 2.45) is 11.8 Å². The Morgan fingerprint density at radius 2 is 1.74 bits per heavy atom. The molecule has 0 saturated heterocycles. The van der Waals surface area contributed by atoms with E-state index in [1.165, 1.54) is 19.1 Å². The fourth-order valence-electron chi connectivity index (χ4n) is 4.32. The third-order valence-corrected chi connectivity index (χ3v) is 6.73. The van der Waals surface area contributed by atoms with Crippen molar-refractivity contribution in [3.05, 3.63) is 54.1 Å². The SMILES string of the molecule is C=C(C)[C@H](NC(=O)CCCCCC(C)C1CC(=O)C=CC1=O)C(=O)N[C@@H](C)C(=O)Nc1ccccc1CO. The van der Waals surface area contributed by atoms with Crippen molar-refractivity contribution in [1.82, 2.24) is 10.6 Å². The third kappa shape index (κ3) is 9.37. The van der Waals surface area contributed by atoms with Crippen LogP contribution in [0.3, 0.4) is 0 Å². The zero-order chi connectivity index (χ0) is 28.2. The van der Waals surface area contributed by atoms with Gasteiger partial charge in [0.25, 0.3) is 0 Å². The largest absolute Gasteiger partial charge is 0.392 e. The molecule has 0 spiro atoms. The van der Waals surface area contributed by atoms with E-state index in [0.29, 0.717) is 23.2 Å². The Kier molecular flexibility index (Phi) is 12.1. The van der Waals surface area contributed by atoms with Crippen LogP contribution in [0.1, 0.15) is 64.9 Å². The Labute approximate surface area is 224 Å². The minimum Gasteiger partial charge on any atom is -0.392 e. The van der Waals surface area contributed by atoms with Crippen LogP contribution in [0.25, 0.3) is 0 Å². The van der Waals surface area contributed by atoms with Gasteiger partial charge in [0.15, 0.2) is 11.6 Å². The second kappa shape index (κ2) is 15.0. The molecule has 0 aliphatic heterocycles. The van der Waals surface area contributed by atoms with E-state index < -0.39 is 23.9 Å². The lowest BCUT2D eigenvalue weighted by atomic mass is 9.80. The molecule has 206 valence electrons. The molecule has 0 bridgehead atoms. The van der Waals surface area contributed by atoms with Gasteiger partial charge in [-0.05, 0) is 56.4 Å². The maximum absolute atomic E-state index is 12.8. The quantitative estimate of drug-likeness (QED) is 0.217. The average molecular weight is 526 g/mol. The summed E-state index contributed by atoms with van der Waals surface area (Å²) in [6.07, 6.45) is 6.21. The number of carbonyl (C=O) groups is 5. The van der Waals surface area contributed by atoms with Gasteiger partial charge in [0.05, 0.1) is 6.61 Å². The van der Waals surface area contributed by atoms with E-state index in [0.717, 1.165) is 19.3 Å². The summed E-state index contributed by atoms with van der Waals surface area (Å²) in [4.78, 5) is 61.5. The molecule has 9 heteroatoms. The monoisotopic (exact) mass is 525 g/mol. The minimum absolute atomic E-state index is 0.00219. The number of carbonyl (C=O) groups excluding carboxylic acids is 5. The van der Waals surface area contributed by atoms with E-state index in [4.69, 9.17) is 0 Å². The topological polar surface area (TPSA) is 142 Å². The molecule has 1 aliphatic rings. The van der Waals surface area contributed by atoms with Crippen molar-refractivity contribution >= 4 is 35.0 Å². The molecule has 9 nitrogen and oxygen atoms in total. The number of nitrogens with one attached hydrogen (secondary N) is 3. The van der Waals surface area contributed by atoms with Gasteiger partial charge in [-0.1, -0.05) is 44.5 Å². The minimum atomic E-state index is -0.981. The molecule has 38 heavy (non-hydrogen) atoms.